The van der Waals surface area contributed by atoms with E-state index in [2.05, 4.69) is 36.9 Å². The maximum Gasteiger partial charge on any atom is 0.161 e. The van der Waals surface area contributed by atoms with E-state index in [1.54, 1.807) is 6.07 Å². The van der Waals surface area contributed by atoms with Gasteiger partial charge in [0.25, 0.3) is 0 Å². The average molecular weight is 268 g/mol. The molecule has 3 nitrogen and oxygen atoms in total. The first-order chi connectivity index (χ1) is 9.40. The molecule has 0 aromatic heterocycles. The van der Waals surface area contributed by atoms with Crippen LogP contribution in [0.15, 0.2) is 36.4 Å². The van der Waals surface area contributed by atoms with Crippen molar-refractivity contribution >= 4 is 22.8 Å². The normalized spacial score (nSPS) is 10.4. The number of Topliss-reactive ketones (excluding diaryl/α,β-unsaturated/α-hetero) is 1. The van der Waals surface area contributed by atoms with E-state index in [-0.39, 0.29) is 5.78 Å². The summed E-state index contributed by atoms with van der Waals surface area (Å²) in [5.41, 5.74) is 11.6. The third kappa shape index (κ3) is 2.67. The first-order valence-corrected chi connectivity index (χ1v) is 6.61. The highest BCUT2D eigenvalue weighted by molar-refractivity contribution is 5.99. The van der Waals surface area contributed by atoms with Gasteiger partial charge >= 0.3 is 0 Å². The monoisotopic (exact) mass is 268 g/mol. The molecule has 0 spiro atoms. The Morgan fingerprint density at radius 1 is 1.10 bits per heavy atom. The standard InChI is InChI=1S/C17H20N2O/c1-11-5-8-17(12(2)9-11)19(4)14-6-7-15(13(3)20)16(18)10-14/h5-10H,18H2,1-4H3. The molecule has 0 aliphatic heterocycles. The summed E-state index contributed by atoms with van der Waals surface area (Å²) in [6.45, 7) is 5.70. The number of hydrogen-bond acceptors (Lipinski definition) is 3. The zero-order chi connectivity index (χ0) is 14.9. The minimum atomic E-state index is -0.0109. The van der Waals surface area contributed by atoms with E-state index >= 15 is 0 Å². The number of carbonyl (C=O) groups is 1. The van der Waals surface area contributed by atoms with Crippen LogP contribution in [0.4, 0.5) is 17.1 Å². The molecule has 2 aromatic rings. The third-order valence-corrected chi connectivity index (χ3v) is 3.52. The molecule has 20 heavy (non-hydrogen) atoms. The van der Waals surface area contributed by atoms with Crippen LogP contribution in [0.2, 0.25) is 0 Å². The fourth-order valence-corrected chi connectivity index (χ4v) is 2.40. The topological polar surface area (TPSA) is 46.3 Å². The van der Waals surface area contributed by atoms with Crippen molar-refractivity contribution in [3.05, 3.63) is 53.1 Å². The molecule has 0 amide bonds. The molecule has 2 rings (SSSR count). The van der Waals surface area contributed by atoms with Gasteiger partial charge in [0.1, 0.15) is 0 Å². The van der Waals surface area contributed by atoms with Crippen LogP contribution < -0.4 is 10.6 Å². The molecule has 0 heterocycles. The Morgan fingerprint density at radius 2 is 1.80 bits per heavy atom. The summed E-state index contributed by atoms with van der Waals surface area (Å²) in [5, 5.41) is 0. The highest BCUT2D eigenvalue weighted by atomic mass is 16.1. The van der Waals surface area contributed by atoms with Crippen molar-refractivity contribution in [2.75, 3.05) is 17.7 Å². The van der Waals surface area contributed by atoms with Crippen LogP contribution in [0.3, 0.4) is 0 Å². The molecule has 0 fully saturated rings. The van der Waals surface area contributed by atoms with E-state index in [9.17, 15) is 4.79 Å². The molecule has 2 N–H and O–H groups in total. The Bertz CT molecular complexity index is 662. The quantitative estimate of drug-likeness (QED) is 0.679. The number of nitrogens with two attached hydrogens (primary N) is 1. The second-order valence-corrected chi connectivity index (χ2v) is 5.18. The zero-order valence-electron chi connectivity index (χ0n) is 12.4. The zero-order valence-corrected chi connectivity index (χ0v) is 12.4. The van der Waals surface area contributed by atoms with Gasteiger partial charge in [0.05, 0.1) is 0 Å². The number of nitrogens with zero attached hydrogens (tertiary/aromatic N) is 1. The van der Waals surface area contributed by atoms with Crippen molar-refractivity contribution in [2.24, 2.45) is 0 Å². The lowest BCUT2D eigenvalue weighted by molar-refractivity contribution is 0.101. The summed E-state index contributed by atoms with van der Waals surface area (Å²) in [5.74, 6) is -0.0109. The number of aryl methyl sites for hydroxylation is 2. The molecule has 0 atom stereocenters. The van der Waals surface area contributed by atoms with E-state index in [0.29, 0.717) is 11.3 Å². The van der Waals surface area contributed by atoms with Gasteiger partial charge in [-0.05, 0) is 50.6 Å². The van der Waals surface area contributed by atoms with E-state index in [0.717, 1.165) is 11.4 Å². The first kappa shape index (κ1) is 14.1. The van der Waals surface area contributed by atoms with E-state index in [1.165, 1.54) is 18.1 Å². The predicted molar refractivity (Wildman–Crippen MR) is 84.8 cm³/mol. The number of rotatable bonds is 3. The van der Waals surface area contributed by atoms with Crippen molar-refractivity contribution in [3.63, 3.8) is 0 Å². The Balaban J connectivity index is 2.40. The average Bonchev–Trinajstić information content (AvgIpc) is 2.37. The summed E-state index contributed by atoms with van der Waals surface area (Å²) in [6.07, 6.45) is 0. The van der Waals surface area contributed by atoms with E-state index in [4.69, 9.17) is 5.73 Å². The van der Waals surface area contributed by atoms with Crippen LogP contribution in [0.1, 0.15) is 28.4 Å². The van der Waals surface area contributed by atoms with Gasteiger partial charge in [0.2, 0.25) is 0 Å². The molecule has 0 saturated carbocycles. The Kier molecular flexibility index (Phi) is 3.79. The van der Waals surface area contributed by atoms with Gasteiger partial charge in [-0.2, -0.15) is 0 Å². The fourth-order valence-electron chi connectivity index (χ4n) is 2.40. The van der Waals surface area contributed by atoms with Crippen molar-refractivity contribution in [1.29, 1.82) is 0 Å². The molecule has 0 aliphatic carbocycles. The molecule has 0 radical (unpaired) electrons. The first-order valence-electron chi connectivity index (χ1n) is 6.61. The minimum absolute atomic E-state index is 0.0109. The fraction of sp³-hybridized carbons (Fsp3) is 0.235. The lowest BCUT2D eigenvalue weighted by atomic mass is 10.1. The number of ketones is 1. The maximum atomic E-state index is 11.4. The molecule has 104 valence electrons. The Labute approximate surface area is 120 Å². The van der Waals surface area contributed by atoms with Crippen molar-refractivity contribution in [3.8, 4) is 0 Å². The van der Waals surface area contributed by atoms with Gasteiger partial charge in [-0.1, -0.05) is 17.7 Å². The molecule has 0 unspecified atom stereocenters. The van der Waals surface area contributed by atoms with Crippen LogP contribution in [-0.4, -0.2) is 12.8 Å². The Morgan fingerprint density at radius 3 is 2.35 bits per heavy atom. The minimum Gasteiger partial charge on any atom is -0.398 e. The summed E-state index contributed by atoms with van der Waals surface area (Å²) >= 11 is 0. The van der Waals surface area contributed by atoms with E-state index in [1.807, 2.05) is 19.2 Å². The van der Waals surface area contributed by atoms with Crippen LogP contribution in [0, 0.1) is 13.8 Å². The third-order valence-electron chi connectivity index (χ3n) is 3.52. The Hall–Kier alpha value is -2.29. The van der Waals surface area contributed by atoms with Crippen LogP contribution in [0.5, 0.6) is 0 Å². The SMILES string of the molecule is CC(=O)c1ccc(N(C)c2ccc(C)cc2C)cc1N. The molecule has 3 heteroatoms. The molecule has 0 saturated heterocycles. The summed E-state index contributed by atoms with van der Waals surface area (Å²) < 4.78 is 0. The van der Waals surface area contributed by atoms with Crippen LogP contribution >= 0.6 is 0 Å². The van der Waals surface area contributed by atoms with Crippen LogP contribution in [-0.2, 0) is 0 Å². The predicted octanol–water partition coefficient (Wildman–Crippen LogP) is 3.86. The molecular weight excluding hydrogens is 248 g/mol. The lowest BCUT2D eigenvalue weighted by Gasteiger charge is -2.22. The molecule has 2 aromatic carbocycles. The summed E-state index contributed by atoms with van der Waals surface area (Å²) in [7, 11) is 2.00. The number of anilines is 3. The highest BCUT2D eigenvalue weighted by Crippen LogP contribution is 2.29. The van der Waals surface area contributed by atoms with E-state index < -0.39 is 0 Å². The number of hydrogen-bond donors (Lipinski definition) is 1. The van der Waals surface area contributed by atoms with Gasteiger partial charge in [-0.15, -0.1) is 0 Å². The summed E-state index contributed by atoms with van der Waals surface area (Å²) in [4.78, 5) is 13.5. The second-order valence-electron chi connectivity index (χ2n) is 5.18. The highest BCUT2D eigenvalue weighted by Gasteiger charge is 2.10. The molecular formula is C17H20N2O. The van der Waals surface area contributed by atoms with Gasteiger partial charge in [0, 0.05) is 29.7 Å². The number of benzene rings is 2. The second kappa shape index (κ2) is 5.37. The van der Waals surface area contributed by atoms with Gasteiger partial charge in [-0.25, -0.2) is 0 Å². The number of carbonyl (C=O) groups excluding carboxylic acids is 1. The van der Waals surface area contributed by atoms with Gasteiger partial charge < -0.3 is 10.6 Å². The van der Waals surface area contributed by atoms with Crippen molar-refractivity contribution in [1.82, 2.24) is 0 Å². The van der Waals surface area contributed by atoms with Crippen molar-refractivity contribution < 1.29 is 4.79 Å². The molecule has 0 bridgehead atoms. The smallest absolute Gasteiger partial charge is 0.161 e. The van der Waals surface area contributed by atoms with Crippen molar-refractivity contribution in [2.45, 2.75) is 20.8 Å². The largest absolute Gasteiger partial charge is 0.398 e. The molecule has 0 aliphatic rings. The van der Waals surface area contributed by atoms with Gasteiger partial charge in [-0.3, -0.25) is 4.79 Å². The van der Waals surface area contributed by atoms with Gasteiger partial charge in [0.15, 0.2) is 5.78 Å². The van der Waals surface area contributed by atoms with Crippen LogP contribution in [0.25, 0.3) is 0 Å². The lowest BCUT2D eigenvalue weighted by Crippen LogP contribution is -2.12. The number of nitrogen functional groups attached to an aromatic ring is 1. The maximum absolute atomic E-state index is 11.4. The summed E-state index contributed by atoms with van der Waals surface area (Å²) in [6, 6.07) is 11.9.